The molecule has 0 saturated heterocycles. The number of nitrogens with one attached hydrogen (secondary N) is 1. The van der Waals surface area contributed by atoms with Crippen molar-refractivity contribution in [3.8, 4) is 11.5 Å². The molecular formula is C31H36ClN3O6S. The number of hydrogen-bond donors (Lipinski definition) is 1. The minimum absolute atomic E-state index is 0.0141. The van der Waals surface area contributed by atoms with E-state index in [1.807, 2.05) is 12.1 Å². The lowest BCUT2D eigenvalue weighted by Gasteiger charge is -2.32. The highest BCUT2D eigenvalue weighted by molar-refractivity contribution is 7.92. The maximum atomic E-state index is 14.1. The molecule has 0 aliphatic heterocycles. The van der Waals surface area contributed by atoms with Gasteiger partial charge in [0.05, 0.1) is 24.8 Å². The van der Waals surface area contributed by atoms with Crippen LogP contribution in [0.1, 0.15) is 38.2 Å². The zero-order valence-electron chi connectivity index (χ0n) is 24.0. The van der Waals surface area contributed by atoms with Gasteiger partial charge in [0.2, 0.25) is 11.8 Å². The van der Waals surface area contributed by atoms with Gasteiger partial charge in [-0.3, -0.25) is 13.9 Å². The lowest BCUT2D eigenvalue weighted by molar-refractivity contribution is -0.139. The molecule has 0 unspecified atom stereocenters. The fourth-order valence-corrected chi connectivity index (χ4v) is 6.45. The van der Waals surface area contributed by atoms with Gasteiger partial charge in [0.15, 0.2) is 0 Å². The van der Waals surface area contributed by atoms with Crippen molar-refractivity contribution in [1.82, 2.24) is 10.2 Å². The van der Waals surface area contributed by atoms with Crippen molar-refractivity contribution in [3.05, 3.63) is 83.4 Å². The van der Waals surface area contributed by atoms with E-state index in [1.165, 1.54) is 24.1 Å². The molecule has 0 bridgehead atoms. The monoisotopic (exact) mass is 613 g/mol. The van der Waals surface area contributed by atoms with Crippen LogP contribution in [-0.2, 0) is 26.2 Å². The largest absolute Gasteiger partial charge is 0.497 e. The SMILES string of the molecule is COc1ccc(CN(C(=O)CN(c2ccc(Cl)cc2)S(=O)(=O)c2ccc(OC)cc2)[C@@H](C)C(=O)NC2CCCC2)cc1. The van der Waals surface area contributed by atoms with Gasteiger partial charge in [-0.1, -0.05) is 36.6 Å². The molecule has 1 fully saturated rings. The van der Waals surface area contributed by atoms with Crippen LogP contribution in [0.15, 0.2) is 77.7 Å². The summed E-state index contributed by atoms with van der Waals surface area (Å²) in [6.45, 7) is 1.22. The molecule has 3 aromatic carbocycles. The summed E-state index contributed by atoms with van der Waals surface area (Å²) >= 11 is 6.08. The third-order valence-corrected chi connectivity index (χ3v) is 9.46. The fourth-order valence-electron chi connectivity index (χ4n) is 4.91. The van der Waals surface area contributed by atoms with E-state index in [9.17, 15) is 18.0 Å². The summed E-state index contributed by atoms with van der Waals surface area (Å²) in [5.41, 5.74) is 1.02. The maximum absolute atomic E-state index is 14.1. The minimum Gasteiger partial charge on any atom is -0.497 e. The van der Waals surface area contributed by atoms with E-state index in [2.05, 4.69) is 5.32 Å². The molecule has 4 rings (SSSR count). The number of carbonyl (C=O) groups excluding carboxylic acids is 2. The predicted octanol–water partition coefficient (Wildman–Crippen LogP) is 5.03. The minimum atomic E-state index is -4.20. The van der Waals surface area contributed by atoms with E-state index in [4.69, 9.17) is 21.1 Å². The average Bonchev–Trinajstić information content (AvgIpc) is 3.52. The molecule has 1 saturated carbocycles. The molecule has 0 aromatic heterocycles. The molecule has 224 valence electrons. The number of benzene rings is 3. The van der Waals surface area contributed by atoms with Crippen molar-refractivity contribution < 1.29 is 27.5 Å². The molecule has 1 N–H and O–H groups in total. The molecule has 42 heavy (non-hydrogen) atoms. The maximum Gasteiger partial charge on any atom is 0.264 e. The number of carbonyl (C=O) groups is 2. The second-order valence-electron chi connectivity index (χ2n) is 10.2. The Kier molecular flexibility index (Phi) is 10.3. The highest BCUT2D eigenvalue weighted by Gasteiger charge is 2.33. The van der Waals surface area contributed by atoms with E-state index in [-0.39, 0.29) is 29.1 Å². The number of rotatable bonds is 12. The smallest absolute Gasteiger partial charge is 0.264 e. The molecule has 9 nitrogen and oxygen atoms in total. The molecule has 1 atom stereocenters. The van der Waals surface area contributed by atoms with Crippen LogP contribution in [0.4, 0.5) is 5.69 Å². The van der Waals surface area contributed by atoms with Gasteiger partial charge in [-0.05, 0) is 86.0 Å². The van der Waals surface area contributed by atoms with Gasteiger partial charge >= 0.3 is 0 Å². The number of anilines is 1. The van der Waals surface area contributed by atoms with Gasteiger partial charge in [0.25, 0.3) is 10.0 Å². The van der Waals surface area contributed by atoms with E-state index < -0.39 is 28.5 Å². The Bertz CT molecular complexity index is 1460. The zero-order valence-corrected chi connectivity index (χ0v) is 25.5. The van der Waals surface area contributed by atoms with Crippen molar-refractivity contribution in [1.29, 1.82) is 0 Å². The summed E-state index contributed by atoms with van der Waals surface area (Å²) in [7, 11) is -1.14. The molecule has 0 radical (unpaired) electrons. The van der Waals surface area contributed by atoms with Crippen molar-refractivity contribution in [2.24, 2.45) is 0 Å². The Hall–Kier alpha value is -3.76. The highest BCUT2D eigenvalue weighted by Crippen LogP contribution is 2.27. The molecule has 1 aliphatic rings. The third kappa shape index (κ3) is 7.54. The van der Waals surface area contributed by atoms with Crippen LogP contribution >= 0.6 is 11.6 Å². The van der Waals surface area contributed by atoms with Crippen LogP contribution in [0, 0.1) is 0 Å². The molecule has 0 spiro atoms. The summed E-state index contributed by atoms with van der Waals surface area (Å²) in [6, 6.07) is 18.5. The number of hydrogen-bond acceptors (Lipinski definition) is 6. The number of nitrogens with zero attached hydrogens (tertiary/aromatic N) is 2. The molecule has 0 heterocycles. The van der Waals surface area contributed by atoms with E-state index in [0.29, 0.717) is 16.5 Å². The molecule has 3 aromatic rings. The van der Waals surface area contributed by atoms with Crippen LogP contribution in [0.25, 0.3) is 0 Å². The normalized spacial score (nSPS) is 14.2. The van der Waals surface area contributed by atoms with Gasteiger partial charge in [-0.25, -0.2) is 8.42 Å². The van der Waals surface area contributed by atoms with Crippen LogP contribution in [-0.4, -0.2) is 58.0 Å². The molecule has 11 heteroatoms. The lowest BCUT2D eigenvalue weighted by Crippen LogP contribution is -2.52. The van der Waals surface area contributed by atoms with Crippen molar-refractivity contribution in [2.75, 3.05) is 25.1 Å². The van der Waals surface area contributed by atoms with E-state index in [0.717, 1.165) is 35.6 Å². The number of methoxy groups -OCH3 is 2. The number of ether oxygens (including phenoxy) is 2. The highest BCUT2D eigenvalue weighted by atomic mass is 35.5. The van der Waals surface area contributed by atoms with Gasteiger partial charge in [0.1, 0.15) is 24.1 Å². The van der Waals surface area contributed by atoms with Crippen LogP contribution in [0.5, 0.6) is 11.5 Å². The predicted molar refractivity (Wildman–Crippen MR) is 162 cm³/mol. The Morgan fingerprint density at radius 3 is 2.00 bits per heavy atom. The lowest BCUT2D eigenvalue weighted by atomic mass is 10.1. The van der Waals surface area contributed by atoms with Crippen LogP contribution < -0.4 is 19.1 Å². The van der Waals surface area contributed by atoms with Gasteiger partial charge in [-0.15, -0.1) is 0 Å². The topological polar surface area (TPSA) is 105 Å². The van der Waals surface area contributed by atoms with Crippen molar-refractivity contribution in [3.63, 3.8) is 0 Å². The Morgan fingerprint density at radius 1 is 0.905 bits per heavy atom. The van der Waals surface area contributed by atoms with Crippen LogP contribution in [0.3, 0.4) is 0 Å². The van der Waals surface area contributed by atoms with Crippen molar-refractivity contribution >= 4 is 39.1 Å². The van der Waals surface area contributed by atoms with Gasteiger partial charge in [0, 0.05) is 17.6 Å². The number of sulfonamides is 1. The first-order valence-corrected chi connectivity index (χ1v) is 15.6. The average molecular weight is 614 g/mol. The first-order chi connectivity index (χ1) is 20.1. The van der Waals surface area contributed by atoms with E-state index >= 15 is 0 Å². The second kappa shape index (κ2) is 13.9. The fraction of sp³-hybridized carbons (Fsp3) is 0.355. The zero-order chi connectivity index (χ0) is 30.3. The first-order valence-electron chi connectivity index (χ1n) is 13.8. The molecule has 2 amide bonds. The summed E-state index contributed by atoms with van der Waals surface area (Å²) in [4.78, 5) is 28.8. The Labute approximate surface area is 252 Å². The summed E-state index contributed by atoms with van der Waals surface area (Å²) in [5.74, 6) is 0.339. The third-order valence-electron chi connectivity index (χ3n) is 7.42. The van der Waals surface area contributed by atoms with Gasteiger partial charge in [-0.2, -0.15) is 0 Å². The quantitative estimate of drug-likeness (QED) is 0.307. The Balaban J connectivity index is 1.67. The molecule has 1 aliphatic carbocycles. The Morgan fingerprint density at radius 2 is 1.45 bits per heavy atom. The first kappa shape index (κ1) is 31.2. The number of halogens is 1. The van der Waals surface area contributed by atoms with Crippen LogP contribution in [0.2, 0.25) is 5.02 Å². The second-order valence-corrected chi connectivity index (χ2v) is 12.5. The summed E-state index contributed by atoms with van der Waals surface area (Å²) < 4.78 is 39.3. The van der Waals surface area contributed by atoms with E-state index in [1.54, 1.807) is 62.6 Å². The van der Waals surface area contributed by atoms with Crippen molar-refractivity contribution in [2.45, 2.75) is 56.1 Å². The summed E-state index contributed by atoms with van der Waals surface area (Å²) in [6.07, 6.45) is 3.89. The van der Waals surface area contributed by atoms with Gasteiger partial charge < -0.3 is 19.7 Å². The summed E-state index contributed by atoms with van der Waals surface area (Å²) in [5, 5.41) is 3.49. The standard InChI is InChI=1S/C31H36ClN3O6S/c1-22(31(37)33-25-6-4-5-7-25)34(20-23-8-14-27(40-2)15-9-23)30(36)21-35(26-12-10-24(32)11-13-26)42(38,39)29-18-16-28(41-3)17-19-29/h8-19,22,25H,4-7,20-21H2,1-3H3,(H,33,37)/t22-/m0/s1. The number of amides is 2. The molecular weight excluding hydrogens is 578 g/mol.